The Morgan fingerprint density at radius 1 is 1.20 bits per heavy atom. The van der Waals surface area contributed by atoms with Gasteiger partial charge in [0, 0.05) is 22.7 Å². The summed E-state index contributed by atoms with van der Waals surface area (Å²) in [4.78, 5) is 4.45. The van der Waals surface area contributed by atoms with Gasteiger partial charge in [0.05, 0.1) is 11.9 Å². The second-order valence-electron chi connectivity index (χ2n) is 4.77. The average molecular weight is 303 g/mol. The number of hydrogen-bond donors (Lipinski definition) is 0. The molecule has 20 heavy (non-hydrogen) atoms. The predicted octanol–water partition coefficient (Wildman–Crippen LogP) is 4.73. The summed E-state index contributed by atoms with van der Waals surface area (Å²) in [6, 6.07) is 12.2. The molecule has 2 nitrogen and oxygen atoms in total. The van der Waals surface area contributed by atoms with Crippen LogP contribution >= 0.6 is 23.4 Å². The summed E-state index contributed by atoms with van der Waals surface area (Å²) in [6.07, 6.45) is 4.04. The van der Waals surface area contributed by atoms with Gasteiger partial charge < -0.3 is 4.40 Å². The lowest BCUT2D eigenvalue weighted by molar-refractivity contribution is 1.09. The summed E-state index contributed by atoms with van der Waals surface area (Å²) in [6.45, 7) is 2.08. The number of rotatable bonds is 4. The minimum atomic E-state index is 0.841. The Bertz CT molecular complexity index is 736. The van der Waals surface area contributed by atoms with Crippen LogP contribution < -0.4 is 0 Å². The number of halogens is 1. The predicted molar refractivity (Wildman–Crippen MR) is 86.4 cm³/mol. The van der Waals surface area contributed by atoms with E-state index < -0.39 is 0 Å². The fourth-order valence-electron chi connectivity index (χ4n) is 2.12. The number of pyridine rings is 1. The Labute approximate surface area is 127 Å². The fourth-order valence-corrected chi connectivity index (χ4v) is 3.40. The molecule has 3 aromatic rings. The monoisotopic (exact) mass is 302 g/mol. The number of aromatic nitrogens is 2. The molecule has 0 atom stereocenters. The van der Waals surface area contributed by atoms with E-state index >= 15 is 0 Å². The van der Waals surface area contributed by atoms with E-state index in [1.807, 2.05) is 36.2 Å². The highest BCUT2D eigenvalue weighted by molar-refractivity contribution is 7.97. The first-order valence-electron chi connectivity index (χ1n) is 6.48. The van der Waals surface area contributed by atoms with Gasteiger partial charge in [-0.05, 0) is 36.2 Å². The Kier molecular flexibility index (Phi) is 3.99. The minimum absolute atomic E-state index is 0.841. The number of aryl methyl sites for hydroxylation is 1. The number of nitrogens with zero attached hydrogens (tertiary/aromatic N) is 2. The Hall–Kier alpha value is -1.45. The van der Waals surface area contributed by atoms with Gasteiger partial charge in [0.25, 0.3) is 0 Å². The molecule has 0 unspecified atom stereocenters. The SMILES string of the molecule is Cc1ccn2c(CSCc3ccccc3Cl)cnc2c1. The zero-order valence-electron chi connectivity index (χ0n) is 11.2. The van der Waals surface area contributed by atoms with Gasteiger partial charge in [-0.1, -0.05) is 29.8 Å². The lowest BCUT2D eigenvalue weighted by Crippen LogP contribution is -1.91. The van der Waals surface area contributed by atoms with E-state index in [2.05, 4.69) is 40.7 Å². The van der Waals surface area contributed by atoms with E-state index in [-0.39, 0.29) is 0 Å². The van der Waals surface area contributed by atoms with E-state index in [9.17, 15) is 0 Å². The largest absolute Gasteiger partial charge is 0.303 e. The van der Waals surface area contributed by atoms with Crippen LogP contribution in [0, 0.1) is 6.92 Å². The standard InChI is InChI=1S/C16H15ClN2S/c1-12-6-7-19-14(9-18-16(19)8-12)11-20-10-13-4-2-3-5-15(13)17/h2-9H,10-11H2,1H3. The van der Waals surface area contributed by atoms with Gasteiger partial charge in [0.2, 0.25) is 0 Å². The highest BCUT2D eigenvalue weighted by Crippen LogP contribution is 2.23. The molecule has 4 heteroatoms. The van der Waals surface area contributed by atoms with E-state index in [4.69, 9.17) is 11.6 Å². The van der Waals surface area contributed by atoms with Crippen LogP contribution in [0.2, 0.25) is 5.02 Å². The highest BCUT2D eigenvalue weighted by atomic mass is 35.5. The Morgan fingerprint density at radius 3 is 2.90 bits per heavy atom. The van der Waals surface area contributed by atoms with E-state index in [0.717, 1.165) is 22.2 Å². The molecule has 0 aliphatic rings. The van der Waals surface area contributed by atoms with Gasteiger partial charge in [0.1, 0.15) is 5.65 Å². The van der Waals surface area contributed by atoms with Crippen molar-refractivity contribution in [2.24, 2.45) is 0 Å². The summed E-state index contributed by atoms with van der Waals surface area (Å²) >= 11 is 8.02. The third-order valence-electron chi connectivity index (χ3n) is 3.21. The zero-order chi connectivity index (χ0) is 13.9. The fraction of sp³-hybridized carbons (Fsp3) is 0.188. The van der Waals surface area contributed by atoms with Crippen LogP contribution in [0.4, 0.5) is 0 Å². The lowest BCUT2D eigenvalue weighted by atomic mass is 10.2. The molecule has 0 saturated heterocycles. The lowest BCUT2D eigenvalue weighted by Gasteiger charge is -2.04. The second kappa shape index (κ2) is 5.90. The van der Waals surface area contributed by atoms with Crippen molar-refractivity contribution in [1.29, 1.82) is 0 Å². The van der Waals surface area contributed by atoms with Gasteiger partial charge in [-0.25, -0.2) is 4.98 Å². The molecule has 0 aliphatic carbocycles. The topological polar surface area (TPSA) is 17.3 Å². The highest BCUT2D eigenvalue weighted by Gasteiger charge is 2.04. The van der Waals surface area contributed by atoms with Crippen molar-refractivity contribution in [2.45, 2.75) is 18.4 Å². The quantitative estimate of drug-likeness (QED) is 0.693. The second-order valence-corrected chi connectivity index (χ2v) is 6.16. The summed E-state index contributed by atoms with van der Waals surface area (Å²) in [5.41, 5.74) is 4.65. The van der Waals surface area contributed by atoms with Crippen LogP contribution in [-0.2, 0) is 11.5 Å². The molecule has 2 heterocycles. The van der Waals surface area contributed by atoms with Gasteiger partial charge in [-0.15, -0.1) is 0 Å². The number of imidazole rings is 1. The number of thioether (sulfide) groups is 1. The van der Waals surface area contributed by atoms with Crippen LogP contribution in [0.3, 0.4) is 0 Å². The van der Waals surface area contributed by atoms with Crippen molar-refractivity contribution in [1.82, 2.24) is 9.38 Å². The maximum atomic E-state index is 6.17. The summed E-state index contributed by atoms with van der Waals surface area (Å²) in [7, 11) is 0. The van der Waals surface area contributed by atoms with E-state index in [1.54, 1.807) is 0 Å². The third kappa shape index (κ3) is 2.84. The number of fused-ring (bicyclic) bond motifs is 1. The first-order chi connectivity index (χ1) is 9.74. The summed E-state index contributed by atoms with van der Waals surface area (Å²) in [5.74, 6) is 1.84. The number of hydrogen-bond acceptors (Lipinski definition) is 2. The molecule has 0 amide bonds. The van der Waals surface area contributed by atoms with Gasteiger partial charge in [0.15, 0.2) is 0 Å². The molecule has 0 saturated carbocycles. The molecule has 0 bridgehead atoms. The molecule has 1 aromatic carbocycles. The normalized spacial score (nSPS) is 11.1. The van der Waals surface area contributed by atoms with Crippen LogP contribution in [0.25, 0.3) is 5.65 Å². The summed E-state index contributed by atoms with van der Waals surface area (Å²) in [5, 5.41) is 0.841. The van der Waals surface area contributed by atoms with Gasteiger partial charge >= 0.3 is 0 Å². The molecule has 0 fully saturated rings. The van der Waals surface area contributed by atoms with Crippen LogP contribution in [0.5, 0.6) is 0 Å². The molecule has 2 aromatic heterocycles. The minimum Gasteiger partial charge on any atom is -0.303 e. The Balaban J connectivity index is 1.70. The van der Waals surface area contributed by atoms with Crippen LogP contribution in [0.15, 0.2) is 48.8 Å². The van der Waals surface area contributed by atoms with E-state index in [1.165, 1.54) is 16.8 Å². The Morgan fingerprint density at radius 2 is 2.05 bits per heavy atom. The molecule has 0 N–H and O–H groups in total. The first kappa shape index (κ1) is 13.5. The van der Waals surface area contributed by atoms with Crippen LogP contribution in [-0.4, -0.2) is 9.38 Å². The van der Waals surface area contributed by atoms with Crippen molar-refractivity contribution in [2.75, 3.05) is 0 Å². The average Bonchev–Trinajstić information content (AvgIpc) is 2.83. The van der Waals surface area contributed by atoms with Crippen molar-refractivity contribution in [3.63, 3.8) is 0 Å². The van der Waals surface area contributed by atoms with Gasteiger partial charge in [-0.2, -0.15) is 11.8 Å². The smallest absolute Gasteiger partial charge is 0.137 e. The van der Waals surface area contributed by atoms with Crippen molar-refractivity contribution in [3.05, 3.63) is 70.6 Å². The number of benzene rings is 1. The third-order valence-corrected chi connectivity index (χ3v) is 4.59. The van der Waals surface area contributed by atoms with Crippen molar-refractivity contribution < 1.29 is 0 Å². The summed E-state index contributed by atoms with van der Waals surface area (Å²) < 4.78 is 2.15. The van der Waals surface area contributed by atoms with E-state index in [0.29, 0.717) is 0 Å². The maximum Gasteiger partial charge on any atom is 0.137 e. The molecule has 3 rings (SSSR count). The molecular weight excluding hydrogens is 288 g/mol. The van der Waals surface area contributed by atoms with Crippen molar-refractivity contribution in [3.8, 4) is 0 Å². The molecular formula is C16H15ClN2S. The maximum absolute atomic E-state index is 6.17. The molecule has 0 spiro atoms. The first-order valence-corrected chi connectivity index (χ1v) is 8.01. The van der Waals surface area contributed by atoms with Crippen LogP contribution in [0.1, 0.15) is 16.8 Å². The zero-order valence-corrected chi connectivity index (χ0v) is 12.8. The molecule has 102 valence electrons. The molecule has 0 radical (unpaired) electrons. The van der Waals surface area contributed by atoms with Crippen molar-refractivity contribution >= 4 is 29.0 Å². The van der Waals surface area contributed by atoms with Gasteiger partial charge in [-0.3, -0.25) is 0 Å². The molecule has 0 aliphatic heterocycles.